The van der Waals surface area contributed by atoms with Gasteiger partial charge in [0.2, 0.25) is 0 Å². The van der Waals surface area contributed by atoms with Crippen LogP contribution in [0, 0.1) is 10.1 Å². The van der Waals surface area contributed by atoms with E-state index < -0.39 is 16.9 Å². The number of rotatable bonds is 16. The van der Waals surface area contributed by atoms with Gasteiger partial charge in [-0.25, -0.2) is 4.79 Å². The van der Waals surface area contributed by atoms with Gasteiger partial charge in [0.1, 0.15) is 0 Å². The van der Waals surface area contributed by atoms with Crippen LogP contribution in [0.1, 0.15) is 90.4 Å². The second kappa shape index (κ2) is 15.5. The summed E-state index contributed by atoms with van der Waals surface area (Å²) in [6.45, 7) is 2.24. The first-order chi connectivity index (χ1) is 11.1. The average Bonchev–Trinajstić information content (AvgIpc) is 2.50. The second-order valence-electron chi connectivity index (χ2n) is 6.16. The van der Waals surface area contributed by atoms with E-state index in [9.17, 15) is 14.9 Å². The van der Waals surface area contributed by atoms with E-state index in [1.54, 1.807) is 0 Å². The Morgan fingerprint density at radius 3 is 1.91 bits per heavy atom. The van der Waals surface area contributed by atoms with Gasteiger partial charge in [0.05, 0.1) is 0 Å². The summed E-state index contributed by atoms with van der Waals surface area (Å²) in [4.78, 5) is 20.4. The zero-order valence-corrected chi connectivity index (χ0v) is 14.5. The highest BCUT2D eigenvalue weighted by molar-refractivity contribution is 5.71. The standard InChI is InChI=1S/C18H33NO4/c1-2-3-4-5-6-7-8-9-10-11-12-13-14-15-16-17(18(20)21)19(22)23/h12-13,17H,2-11,14-16H2,1H3,(H,20,21). The van der Waals surface area contributed by atoms with Gasteiger partial charge in [-0.15, -0.1) is 0 Å². The molecular formula is C18H33NO4. The highest BCUT2D eigenvalue weighted by Gasteiger charge is 2.27. The lowest BCUT2D eigenvalue weighted by molar-refractivity contribution is -0.511. The third kappa shape index (κ3) is 14.0. The molecule has 0 aliphatic heterocycles. The third-order valence-electron chi connectivity index (χ3n) is 4.03. The topological polar surface area (TPSA) is 80.4 Å². The van der Waals surface area contributed by atoms with E-state index in [-0.39, 0.29) is 6.42 Å². The molecule has 0 radical (unpaired) electrons. The van der Waals surface area contributed by atoms with Crippen molar-refractivity contribution in [3.8, 4) is 0 Å². The predicted octanol–water partition coefficient (Wildman–Crippen LogP) is 5.36. The smallest absolute Gasteiger partial charge is 0.379 e. The summed E-state index contributed by atoms with van der Waals surface area (Å²) in [5.41, 5.74) is 0. The van der Waals surface area contributed by atoms with Gasteiger partial charge in [0.25, 0.3) is 0 Å². The number of carboxylic acid groups (broad SMARTS) is 1. The minimum absolute atomic E-state index is 0.102. The van der Waals surface area contributed by atoms with Crippen LogP contribution in [-0.2, 0) is 4.79 Å². The molecule has 0 saturated heterocycles. The van der Waals surface area contributed by atoms with E-state index in [0.29, 0.717) is 6.42 Å². The number of allylic oxidation sites excluding steroid dienone is 2. The van der Waals surface area contributed by atoms with E-state index in [2.05, 4.69) is 13.0 Å². The molecule has 5 heteroatoms. The summed E-state index contributed by atoms with van der Waals surface area (Å²) in [5, 5.41) is 19.2. The van der Waals surface area contributed by atoms with Crippen molar-refractivity contribution in [1.29, 1.82) is 0 Å². The first kappa shape index (κ1) is 21.6. The van der Waals surface area contributed by atoms with Gasteiger partial charge < -0.3 is 5.11 Å². The molecule has 0 heterocycles. The summed E-state index contributed by atoms with van der Waals surface area (Å²) in [7, 11) is 0. The Bertz CT molecular complexity index is 328. The van der Waals surface area contributed by atoms with Crippen molar-refractivity contribution in [3.63, 3.8) is 0 Å². The maximum Gasteiger partial charge on any atom is 0.379 e. The van der Waals surface area contributed by atoms with Crippen molar-refractivity contribution in [3.05, 3.63) is 22.3 Å². The molecule has 0 spiro atoms. The first-order valence-electron chi connectivity index (χ1n) is 9.10. The molecular weight excluding hydrogens is 294 g/mol. The molecule has 23 heavy (non-hydrogen) atoms. The number of aliphatic carboxylic acids is 1. The van der Waals surface area contributed by atoms with Gasteiger partial charge >= 0.3 is 12.0 Å². The summed E-state index contributed by atoms with van der Waals surface area (Å²) in [6, 6.07) is -1.46. The minimum atomic E-state index is -1.46. The fourth-order valence-electron chi connectivity index (χ4n) is 2.56. The fraction of sp³-hybridized carbons (Fsp3) is 0.833. The molecule has 5 nitrogen and oxygen atoms in total. The maximum absolute atomic E-state index is 10.6. The Kier molecular flexibility index (Phi) is 14.6. The lowest BCUT2D eigenvalue weighted by Gasteiger charge is -2.02. The van der Waals surface area contributed by atoms with Crippen LogP contribution in [-0.4, -0.2) is 22.0 Å². The highest BCUT2D eigenvalue weighted by Crippen LogP contribution is 2.11. The second-order valence-corrected chi connectivity index (χ2v) is 6.16. The molecule has 0 fully saturated rings. The molecule has 1 unspecified atom stereocenters. The number of carbonyl (C=O) groups is 1. The highest BCUT2D eigenvalue weighted by atomic mass is 16.6. The van der Waals surface area contributed by atoms with Gasteiger partial charge in [-0.05, 0) is 25.7 Å². The van der Waals surface area contributed by atoms with Crippen LogP contribution in [0.2, 0.25) is 0 Å². The molecule has 1 N–H and O–H groups in total. The van der Waals surface area contributed by atoms with Crippen molar-refractivity contribution in [2.45, 2.75) is 96.4 Å². The first-order valence-corrected chi connectivity index (χ1v) is 9.10. The van der Waals surface area contributed by atoms with Crippen LogP contribution in [0.5, 0.6) is 0 Å². The number of unbranched alkanes of at least 4 members (excludes halogenated alkanes) is 10. The molecule has 0 amide bonds. The number of nitro groups is 1. The Labute approximate surface area is 140 Å². The number of hydrogen-bond acceptors (Lipinski definition) is 3. The molecule has 1 atom stereocenters. The zero-order valence-electron chi connectivity index (χ0n) is 14.5. The Morgan fingerprint density at radius 2 is 1.43 bits per heavy atom. The lowest BCUT2D eigenvalue weighted by atomic mass is 10.1. The van der Waals surface area contributed by atoms with Crippen LogP contribution in [0.4, 0.5) is 0 Å². The van der Waals surface area contributed by atoms with E-state index >= 15 is 0 Å². The normalized spacial score (nSPS) is 12.6. The van der Waals surface area contributed by atoms with Crippen LogP contribution in [0.25, 0.3) is 0 Å². The minimum Gasteiger partial charge on any atom is -0.476 e. The SMILES string of the molecule is CCCCCCCCCCCC=CCCCC(C(=O)O)[N+](=O)[O-]. The average molecular weight is 327 g/mol. The molecule has 0 aromatic heterocycles. The van der Waals surface area contributed by atoms with E-state index in [0.717, 1.165) is 12.8 Å². The maximum atomic E-state index is 10.6. The molecule has 0 saturated carbocycles. The van der Waals surface area contributed by atoms with Gasteiger partial charge in [0.15, 0.2) is 0 Å². The van der Waals surface area contributed by atoms with Gasteiger partial charge in [-0.2, -0.15) is 0 Å². The van der Waals surface area contributed by atoms with Crippen molar-refractivity contribution in [2.24, 2.45) is 0 Å². The Balaban J connectivity index is 3.38. The molecule has 0 rings (SSSR count). The van der Waals surface area contributed by atoms with Gasteiger partial charge in [-0.1, -0.05) is 70.4 Å². The monoisotopic (exact) mass is 327 g/mol. The summed E-state index contributed by atoms with van der Waals surface area (Å²) >= 11 is 0. The van der Waals surface area contributed by atoms with Gasteiger partial charge in [-0.3, -0.25) is 10.1 Å². The van der Waals surface area contributed by atoms with Crippen molar-refractivity contribution < 1.29 is 14.8 Å². The molecule has 0 bridgehead atoms. The molecule has 0 aliphatic rings. The zero-order chi connectivity index (χ0) is 17.3. The predicted molar refractivity (Wildman–Crippen MR) is 93.3 cm³/mol. The van der Waals surface area contributed by atoms with E-state index in [4.69, 9.17) is 5.11 Å². The molecule has 0 aromatic carbocycles. The largest absolute Gasteiger partial charge is 0.476 e. The number of nitrogens with zero attached hydrogens (tertiary/aromatic N) is 1. The lowest BCUT2D eigenvalue weighted by Crippen LogP contribution is -2.28. The van der Waals surface area contributed by atoms with Crippen molar-refractivity contribution in [2.75, 3.05) is 0 Å². The van der Waals surface area contributed by atoms with Crippen LogP contribution in [0.3, 0.4) is 0 Å². The summed E-state index contributed by atoms with van der Waals surface area (Å²) in [5.74, 6) is -1.34. The van der Waals surface area contributed by atoms with E-state index in [1.165, 1.54) is 57.8 Å². The summed E-state index contributed by atoms with van der Waals surface area (Å²) < 4.78 is 0. The molecule has 0 aromatic rings. The molecule has 134 valence electrons. The Morgan fingerprint density at radius 1 is 0.957 bits per heavy atom. The summed E-state index contributed by atoms with van der Waals surface area (Å²) in [6.07, 6.45) is 18.4. The third-order valence-corrected chi connectivity index (χ3v) is 4.03. The number of hydrogen-bond donors (Lipinski definition) is 1. The van der Waals surface area contributed by atoms with Crippen LogP contribution >= 0.6 is 0 Å². The Hall–Kier alpha value is -1.39. The number of carboxylic acids is 1. The van der Waals surface area contributed by atoms with Crippen molar-refractivity contribution >= 4 is 5.97 Å². The quantitative estimate of drug-likeness (QED) is 0.179. The van der Waals surface area contributed by atoms with Gasteiger partial charge in [0, 0.05) is 11.3 Å². The fourth-order valence-corrected chi connectivity index (χ4v) is 2.56. The van der Waals surface area contributed by atoms with Crippen molar-refractivity contribution in [1.82, 2.24) is 0 Å². The van der Waals surface area contributed by atoms with E-state index in [1.807, 2.05) is 6.08 Å². The van der Waals surface area contributed by atoms with Crippen LogP contribution in [0.15, 0.2) is 12.2 Å². The van der Waals surface area contributed by atoms with Crippen LogP contribution < -0.4 is 0 Å². The molecule has 0 aliphatic carbocycles.